The molecule has 1 amide bonds. The van der Waals surface area contributed by atoms with Gasteiger partial charge in [-0.3, -0.25) is 4.79 Å². The number of alkyl halides is 3. The van der Waals surface area contributed by atoms with Crippen molar-refractivity contribution in [2.75, 3.05) is 13.1 Å². The van der Waals surface area contributed by atoms with Crippen LogP contribution in [0.25, 0.3) is 0 Å². The summed E-state index contributed by atoms with van der Waals surface area (Å²) in [7, 11) is 0. The van der Waals surface area contributed by atoms with Gasteiger partial charge in [0.25, 0.3) is 0 Å². The van der Waals surface area contributed by atoms with Crippen LogP contribution in [-0.4, -0.2) is 29.0 Å². The van der Waals surface area contributed by atoms with E-state index in [-0.39, 0.29) is 30.4 Å². The Kier molecular flexibility index (Phi) is 5.85. The number of amides is 1. The van der Waals surface area contributed by atoms with Gasteiger partial charge >= 0.3 is 6.18 Å². The van der Waals surface area contributed by atoms with Crippen LogP contribution in [0.1, 0.15) is 28.7 Å². The smallest absolute Gasteiger partial charge is 0.392 e. The normalized spacial score (nSPS) is 17.3. The van der Waals surface area contributed by atoms with E-state index in [2.05, 4.69) is 0 Å². The lowest BCUT2D eigenvalue weighted by Crippen LogP contribution is -2.31. The summed E-state index contributed by atoms with van der Waals surface area (Å²) in [6.07, 6.45) is -3.07. The van der Waals surface area contributed by atoms with Crippen molar-refractivity contribution in [1.29, 1.82) is 0 Å². The summed E-state index contributed by atoms with van der Waals surface area (Å²) in [4.78, 5) is 14.2. The van der Waals surface area contributed by atoms with E-state index in [1.165, 1.54) is 18.2 Å². The number of benzene rings is 2. The first kappa shape index (κ1) is 19.4. The molecule has 1 atom stereocenters. The van der Waals surface area contributed by atoms with Gasteiger partial charge in [0.05, 0.1) is 18.6 Å². The first-order valence-corrected chi connectivity index (χ1v) is 8.98. The van der Waals surface area contributed by atoms with Gasteiger partial charge in [0, 0.05) is 13.1 Å². The molecule has 144 valence electrons. The summed E-state index contributed by atoms with van der Waals surface area (Å²) in [5.41, 5.74) is 1.23. The van der Waals surface area contributed by atoms with Crippen molar-refractivity contribution >= 4 is 5.91 Å². The largest absolute Gasteiger partial charge is 0.416 e. The quantitative estimate of drug-likeness (QED) is 0.860. The second kappa shape index (κ2) is 8.13. The molecule has 0 radical (unpaired) electrons. The van der Waals surface area contributed by atoms with Gasteiger partial charge in [0.2, 0.25) is 5.91 Å². The molecule has 1 heterocycles. The number of hydrogen-bond acceptors (Lipinski definition) is 2. The number of nitrogens with zero attached hydrogens (tertiary/aromatic N) is 1. The number of halogens is 3. The zero-order valence-corrected chi connectivity index (χ0v) is 14.9. The molecular weight excluding hydrogens is 355 g/mol. The standard InChI is InChI=1S/C21H22F3NO2/c22-21(23,24)19-7-2-1-6-18(19)12-20(27)25-9-8-16(13-25)10-15-4-3-5-17(11-15)14-26/h1-7,11,16,26H,8-10,12-14H2. The number of hydrogen-bond donors (Lipinski definition) is 1. The highest BCUT2D eigenvalue weighted by molar-refractivity contribution is 5.79. The van der Waals surface area contributed by atoms with Crippen LogP contribution in [0, 0.1) is 5.92 Å². The van der Waals surface area contributed by atoms with E-state index in [0.29, 0.717) is 13.1 Å². The Bertz CT molecular complexity index is 804. The average molecular weight is 377 g/mol. The molecule has 2 aromatic rings. The first-order chi connectivity index (χ1) is 12.9. The van der Waals surface area contributed by atoms with Crippen molar-refractivity contribution in [3.05, 3.63) is 70.8 Å². The summed E-state index contributed by atoms with van der Waals surface area (Å²) in [6.45, 7) is 1.11. The Morgan fingerprint density at radius 3 is 2.59 bits per heavy atom. The molecule has 1 unspecified atom stereocenters. The molecule has 1 aliphatic rings. The summed E-state index contributed by atoms with van der Waals surface area (Å²) in [6, 6.07) is 12.9. The van der Waals surface area contributed by atoms with Crippen LogP contribution >= 0.6 is 0 Å². The molecule has 1 N–H and O–H groups in total. The number of likely N-dealkylation sites (tertiary alicyclic amines) is 1. The molecule has 1 fully saturated rings. The second-order valence-corrected chi connectivity index (χ2v) is 7.01. The van der Waals surface area contributed by atoms with Crippen LogP contribution in [0.4, 0.5) is 13.2 Å². The maximum absolute atomic E-state index is 13.1. The molecule has 0 bridgehead atoms. The van der Waals surface area contributed by atoms with Crippen LogP contribution in [0.3, 0.4) is 0 Å². The monoisotopic (exact) mass is 377 g/mol. The first-order valence-electron chi connectivity index (χ1n) is 8.98. The molecule has 0 aliphatic carbocycles. The van der Waals surface area contributed by atoms with Crippen molar-refractivity contribution in [1.82, 2.24) is 4.90 Å². The van der Waals surface area contributed by atoms with Gasteiger partial charge in [0.15, 0.2) is 0 Å². The third-order valence-electron chi connectivity index (χ3n) is 5.00. The van der Waals surface area contributed by atoms with Crippen molar-refractivity contribution in [3.63, 3.8) is 0 Å². The fourth-order valence-electron chi connectivity index (χ4n) is 3.64. The fraction of sp³-hybridized carbons (Fsp3) is 0.381. The summed E-state index contributed by atoms with van der Waals surface area (Å²) < 4.78 is 39.3. The minimum absolute atomic E-state index is 0.0122. The Morgan fingerprint density at radius 2 is 1.85 bits per heavy atom. The van der Waals surface area contributed by atoms with Gasteiger partial charge in [-0.25, -0.2) is 0 Å². The highest BCUT2D eigenvalue weighted by atomic mass is 19.4. The topological polar surface area (TPSA) is 40.5 Å². The molecule has 0 spiro atoms. The van der Waals surface area contributed by atoms with Gasteiger partial charge in [-0.15, -0.1) is 0 Å². The third-order valence-corrected chi connectivity index (χ3v) is 5.00. The lowest BCUT2D eigenvalue weighted by molar-refractivity contribution is -0.138. The Labute approximate surface area is 156 Å². The van der Waals surface area contributed by atoms with Crippen LogP contribution in [0.5, 0.6) is 0 Å². The molecule has 3 nitrogen and oxygen atoms in total. The molecule has 6 heteroatoms. The molecule has 27 heavy (non-hydrogen) atoms. The Morgan fingerprint density at radius 1 is 1.11 bits per heavy atom. The second-order valence-electron chi connectivity index (χ2n) is 7.01. The lowest BCUT2D eigenvalue weighted by atomic mass is 9.97. The van der Waals surface area contributed by atoms with Gasteiger partial charge in [-0.1, -0.05) is 42.5 Å². The van der Waals surface area contributed by atoms with Crippen LogP contribution < -0.4 is 0 Å². The van der Waals surface area contributed by atoms with Gasteiger partial charge in [0.1, 0.15) is 0 Å². The lowest BCUT2D eigenvalue weighted by Gasteiger charge is -2.18. The minimum atomic E-state index is -4.46. The average Bonchev–Trinajstić information content (AvgIpc) is 3.10. The number of carbonyl (C=O) groups excluding carboxylic acids is 1. The molecule has 0 saturated carbocycles. The molecule has 2 aromatic carbocycles. The third kappa shape index (κ3) is 4.89. The SMILES string of the molecule is O=C(Cc1ccccc1C(F)(F)F)N1CCC(Cc2cccc(CO)c2)C1. The maximum atomic E-state index is 13.1. The van der Waals surface area contributed by atoms with Crippen molar-refractivity contribution in [2.45, 2.75) is 32.0 Å². The predicted molar refractivity (Wildman–Crippen MR) is 95.9 cm³/mol. The van der Waals surface area contributed by atoms with Crippen molar-refractivity contribution in [3.8, 4) is 0 Å². The Hall–Kier alpha value is -2.34. The van der Waals surface area contributed by atoms with Crippen LogP contribution in [0.2, 0.25) is 0 Å². The summed E-state index contributed by atoms with van der Waals surface area (Å²) in [5, 5.41) is 9.22. The van der Waals surface area contributed by atoms with E-state index < -0.39 is 11.7 Å². The molecule has 1 aliphatic heterocycles. The van der Waals surface area contributed by atoms with E-state index in [4.69, 9.17) is 0 Å². The summed E-state index contributed by atoms with van der Waals surface area (Å²) >= 11 is 0. The van der Waals surface area contributed by atoms with Crippen LogP contribution in [-0.2, 0) is 30.4 Å². The number of rotatable bonds is 5. The predicted octanol–water partition coefficient (Wildman–Crippen LogP) is 3.83. The van der Waals surface area contributed by atoms with Gasteiger partial charge in [-0.2, -0.15) is 13.2 Å². The molecular formula is C21H22F3NO2. The minimum Gasteiger partial charge on any atom is -0.392 e. The highest BCUT2D eigenvalue weighted by Gasteiger charge is 2.34. The van der Waals surface area contributed by atoms with Crippen molar-refractivity contribution in [2.24, 2.45) is 5.92 Å². The molecule has 3 rings (SSSR count). The summed E-state index contributed by atoms with van der Waals surface area (Å²) in [5.74, 6) is 0.0130. The highest BCUT2D eigenvalue weighted by Crippen LogP contribution is 2.32. The van der Waals surface area contributed by atoms with Crippen LogP contribution in [0.15, 0.2) is 48.5 Å². The zero-order valence-electron chi connectivity index (χ0n) is 14.9. The van der Waals surface area contributed by atoms with Gasteiger partial charge < -0.3 is 10.0 Å². The van der Waals surface area contributed by atoms with E-state index in [0.717, 1.165) is 30.0 Å². The van der Waals surface area contributed by atoms with Crippen molar-refractivity contribution < 1.29 is 23.1 Å². The Balaban J connectivity index is 1.61. The van der Waals surface area contributed by atoms with E-state index in [1.807, 2.05) is 24.3 Å². The van der Waals surface area contributed by atoms with E-state index >= 15 is 0 Å². The van der Waals surface area contributed by atoms with Gasteiger partial charge in [-0.05, 0) is 41.5 Å². The van der Waals surface area contributed by atoms with E-state index in [9.17, 15) is 23.1 Å². The number of aliphatic hydroxyl groups excluding tert-OH is 1. The maximum Gasteiger partial charge on any atom is 0.416 e. The number of carbonyl (C=O) groups is 1. The van der Waals surface area contributed by atoms with E-state index in [1.54, 1.807) is 4.90 Å². The fourth-order valence-corrected chi connectivity index (χ4v) is 3.64. The molecule has 1 saturated heterocycles. The number of aliphatic hydroxyl groups is 1. The zero-order chi connectivity index (χ0) is 19.4. The molecule has 0 aromatic heterocycles.